The van der Waals surface area contributed by atoms with Gasteiger partial charge in [-0.3, -0.25) is 4.98 Å². The third kappa shape index (κ3) is 2.66. The topological polar surface area (TPSA) is 46.0 Å². The molecule has 2 aromatic heterocycles. The van der Waals surface area contributed by atoms with Gasteiger partial charge in [0, 0.05) is 12.4 Å². The maximum Gasteiger partial charge on any atom is 0.157 e. The molecule has 0 fully saturated rings. The summed E-state index contributed by atoms with van der Waals surface area (Å²) in [6, 6.07) is 10.8. The molecule has 1 unspecified atom stereocenters. The Balaban J connectivity index is 2.15. The van der Waals surface area contributed by atoms with Crippen molar-refractivity contribution in [1.82, 2.24) is 9.97 Å². The Morgan fingerprint density at radius 2 is 1.75 bits per heavy atom. The Labute approximate surface area is 93.8 Å². The van der Waals surface area contributed by atoms with E-state index < -0.39 is 6.10 Å². The highest BCUT2D eigenvalue weighted by atomic mass is 16.3. The van der Waals surface area contributed by atoms with Crippen LogP contribution in [-0.2, 0) is 0 Å². The average Bonchev–Trinajstić information content (AvgIpc) is 2.38. The summed E-state index contributed by atoms with van der Waals surface area (Å²) in [6.07, 6.45) is 2.42. The van der Waals surface area contributed by atoms with E-state index in [9.17, 15) is 5.11 Å². The van der Waals surface area contributed by atoms with Gasteiger partial charge in [0.15, 0.2) is 6.10 Å². The van der Waals surface area contributed by atoms with Crippen molar-refractivity contribution in [2.24, 2.45) is 0 Å². The van der Waals surface area contributed by atoms with Crippen LogP contribution in [0.25, 0.3) is 0 Å². The SMILES string of the molecule is OC(C#Cc1ccccn1)c1ccccn1. The van der Waals surface area contributed by atoms with Crippen LogP contribution in [0.5, 0.6) is 0 Å². The van der Waals surface area contributed by atoms with Gasteiger partial charge in [0.25, 0.3) is 0 Å². The fraction of sp³-hybridized carbons (Fsp3) is 0.0769. The first-order chi connectivity index (χ1) is 7.86. The van der Waals surface area contributed by atoms with E-state index in [1.165, 1.54) is 0 Å². The number of pyridine rings is 2. The summed E-state index contributed by atoms with van der Waals surface area (Å²) in [5.74, 6) is 5.49. The van der Waals surface area contributed by atoms with E-state index in [1.807, 2.05) is 18.2 Å². The molecule has 2 rings (SSSR count). The van der Waals surface area contributed by atoms with Gasteiger partial charge in [-0.1, -0.05) is 18.1 Å². The third-order valence-electron chi connectivity index (χ3n) is 1.97. The van der Waals surface area contributed by atoms with Crippen molar-refractivity contribution in [3.05, 3.63) is 60.2 Å². The molecule has 0 aliphatic heterocycles. The molecule has 2 heterocycles. The van der Waals surface area contributed by atoms with Crippen molar-refractivity contribution in [2.75, 3.05) is 0 Å². The van der Waals surface area contributed by atoms with Gasteiger partial charge >= 0.3 is 0 Å². The minimum atomic E-state index is -0.872. The quantitative estimate of drug-likeness (QED) is 0.726. The van der Waals surface area contributed by atoms with E-state index in [0.717, 1.165) is 0 Å². The van der Waals surface area contributed by atoms with Crippen LogP contribution in [0.4, 0.5) is 0 Å². The summed E-state index contributed by atoms with van der Waals surface area (Å²) in [5.41, 5.74) is 1.18. The van der Waals surface area contributed by atoms with Gasteiger partial charge in [-0.15, -0.1) is 0 Å². The number of rotatable bonds is 1. The van der Waals surface area contributed by atoms with E-state index in [2.05, 4.69) is 21.8 Å². The normalized spacial score (nSPS) is 11.3. The molecular weight excluding hydrogens is 200 g/mol. The zero-order valence-electron chi connectivity index (χ0n) is 8.54. The fourth-order valence-electron chi connectivity index (χ4n) is 1.19. The van der Waals surface area contributed by atoms with Crippen LogP contribution in [0.2, 0.25) is 0 Å². The van der Waals surface area contributed by atoms with Crippen LogP contribution in [-0.4, -0.2) is 15.1 Å². The number of hydrogen-bond donors (Lipinski definition) is 1. The summed E-state index contributed by atoms with van der Waals surface area (Å²) in [7, 11) is 0. The number of nitrogens with zero attached hydrogens (tertiary/aromatic N) is 2. The predicted octanol–water partition coefficient (Wildman–Crippen LogP) is 1.56. The lowest BCUT2D eigenvalue weighted by atomic mass is 10.2. The number of aromatic nitrogens is 2. The summed E-state index contributed by atoms with van der Waals surface area (Å²) < 4.78 is 0. The molecular formula is C13H10N2O. The van der Waals surface area contributed by atoms with Crippen molar-refractivity contribution < 1.29 is 5.11 Å². The second kappa shape index (κ2) is 5.06. The third-order valence-corrected chi connectivity index (χ3v) is 1.97. The molecule has 3 nitrogen and oxygen atoms in total. The van der Waals surface area contributed by atoms with Crippen molar-refractivity contribution >= 4 is 0 Å². The molecule has 78 valence electrons. The fourth-order valence-corrected chi connectivity index (χ4v) is 1.19. The Bertz CT molecular complexity index is 500. The Hall–Kier alpha value is -2.18. The Morgan fingerprint density at radius 3 is 2.38 bits per heavy atom. The molecule has 0 amide bonds. The van der Waals surface area contributed by atoms with Crippen LogP contribution >= 0.6 is 0 Å². The van der Waals surface area contributed by atoms with E-state index in [4.69, 9.17) is 0 Å². The highest BCUT2D eigenvalue weighted by Crippen LogP contribution is 2.06. The molecule has 0 saturated carbocycles. The van der Waals surface area contributed by atoms with Crippen LogP contribution in [0.3, 0.4) is 0 Å². The first kappa shape index (κ1) is 10.3. The van der Waals surface area contributed by atoms with Crippen molar-refractivity contribution in [2.45, 2.75) is 6.10 Å². The molecule has 0 saturated heterocycles. The van der Waals surface area contributed by atoms with E-state index in [-0.39, 0.29) is 0 Å². The lowest BCUT2D eigenvalue weighted by Crippen LogP contribution is -1.96. The summed E-state index contributed by atoms with van der Waals surface area (Å²) in [5, 5.41) is 9.72. The minimum Gasteiger partial charge on any atom is -0.374 e. The largest absolute Gasteiger partial charge is 0.374 e. The van der Waals surface area contributed by atoms with E-state index in [1.54, 1.807) is 30.6 Å². The molecule has 0 aliphatic carbocycles. The second-order valence-electron chi connectivity index (χ2n) is 3.14. The van der Waals surface area contributed by atoms with Crippen LogP contribution < -0.4 is 0 Å². The van der Waals surface area contributed by atoms with Crippen molar-refractivity contribution in [3.8, 4) is 11.8 Å². The number of aliphatic hydroxyl groups is 1. The van der Waals surface area contributed by atoms with Gasteiger partial charge in [0.1, 0.15) is 5.69 Å². The Kier molecular flexibility index (Phi) is 3.27. The van der Waals surface area contributed by atoms with Gasteiger partial charge in [0.2, 0.25) is 0 Å². The number of hydrogen-bond acceptors (Lipinski definition) is 3. The second-order valence-corrected chi connectivity index (χ2v) is 3.14. The first-order valence-electron chi connectivity index (χ1n) is 4.88. The molecule has 0 bridgehead atoms. The van der Waals surface area contributed by atoms with Crippen molar-refractivity contribution in [1.29, 1.82) is 0 Å². The van der Waals surface area contributed by atoms with Gasteiger partial charge in [-0.2, -0.15) is 0 Å². The van der Waals surface area contributed by atoms with Gasteiger partial charge in [0.05, 0.1) is 5.69 Å². The lowest BCUT2D eigenvalue weighted by Gasteiger charge is -2.00. The van der Waals surface area contributed by atoms with Crippen LogP contribution in [0.1, 0.15) is 17.5 Å². The highest BCUT2D eigenvalue weighted by Gasteiger charge is 2.02. The Morgan fingerprint density at radius 1 is 1.00 bits per heavy atom. The highest BCUT2D eigenvalue weighted by molar-refractivity contribution is 5.30. The zero-order valence-corrected chi connectivity index (χ0v) is 8.54. The van der Waals surface area contributed by atoms with Crippen LogP contribution in [0.15, 0.2) is 48.8 Å². The molecule has 1 atom stereocenters. The maximum atomic E-state index is 9.72. The smallest absolute Gasteiger partial charge is 0.157 e. The van der Waals surface area contributed by atoms with Crippen LogP contribution in [0, 0.1) is 11.8 Å². The average molecular weight is 210 g/mol. The predicted molar refractivity (Wildman–Crippen MR) is 60.3 cm³/mol. The monoisotopic (exact) mass is 210 g/mol. The van der Waals surface area contributed by atoms with Gasteiger partial charge < -0.3 is 5.11 Å². The molecule has 3 heteroatoms. The summed E-state index contributed by atoms with van der Waals surface area (Å²) in [4.78, 5) is 8.06. The van der Waals surface area contributed by atoms with Crippen molar-refractivity contribution in [3.63, 3.8) is 0 Å². The molecule has 0 spiro atoms. The van der Waals surface area contributed by atoms with E-state index >= 15 is 0 Å². The minimum absolute atomic E-state index is 0.547. The summed E-state index contributed by atoms with van der Waals surface area (Å²) >= 11 is 0. The molecule has 0 radical (unpaired) electrons. The van der Waals surface area contributed by atoms with Gasteiger partial charge in [-0.05, 0) is 30.2 Å². The zero-order chi connectivity index (χ0) is 11.2. The van der Waals surface area contributed by atoms with Gasteiger partial charge in [-0.25, -0.2) is 4.98 Å². The lowest BCUT2D eigenvalue weighted by molar-refractivity contribution is 0.233. The molecule has 16 heavy (non-hydrogen) atoms. The molecule has 2 aromatic rings. The maximum absolute atomic E-state index is 9.72. The molecule has 0 aromatic carbocycles. The molecule has 1 N–H and O–H groups in total. The first-order valence-corrected chi connectivity index (χ1v) is 4.88. The number of aliphatic hydroxyl groups excluding tert-OH is 1. The summed E-state index contributed by atoms with van der Waals surface area (Å²) in [6.45, 7) is 0. The standard InChI is InChI=1S/C13H10N2O/c16-13(12-6-2-4-10-15-12)8-7-11-5-1-3-9-14-11/h1-6,9-10,13,16H. The van der Waals surface area contributed by atoms with E-state index in [0.29, 0.717) is 11.4 Å². The molecule has 0 aliphatic rings.